The predicted octanol–water partition coefficient (Wildman–Crippen LogP) is 5.49. The number of hydrogen-bond donors (Lipinski definition) is 2. The molecule has 9 heteroatoms. The van der Waals surface area contributed by atoms with Gasteiger partial charge in [0, 0.05) is 48.1 Å². The third-order valence-corrected chi connectivity index (χ3v) is 10.9. The quantitative estimate of drug-likeness (QED) is 0.430. The molecule has 4 aliphatic rings. The first-order valence-corrected chi connectivity index (χ1v) is 15.6. The molecule has 1 aromatic carbocycles. The molecule has 5 unspecified atom stereocenters. The third-order valence-electron chi connectivity index (χ3n) is 10.1. The summed E-state index contributed by atoms with van der Waals surface area (Å²) in [6.45, 7) is 8.47. The SMILES string of the molecule is CO/N=C1\CC(CCC(=O)Nc2ncc(C)s2)C2C3CCc4cc(O)c(CN5CCOCC5)cc4C3CCC12C. The Hall–Kier alpha value is -2.49. The number of fused-ring (bicyclic) bond motifs is 5. The molecular weight excluding hydrogens is 524 g/mol. The van der Waals surface area contributed by atoms with Crippen molar-refractivity contribution in [3.8, 4) is 5.75 Å². The smallest absolute Gasteiger partial charge is 0.226 e. The van der Waals surface area contributed by atoms with Crippen molar-refractivity contribution < 1.29 is 19.5 Å². The Labute approximate surface area is 241 Å². The molecule has 1 amide bonds. The fourth-order valence-electron chi connectivity index (χ4n) is 8.29. The third kappa shape index (κ3) is 5.28. The van der Waals surface area contributed by atoms with Gasteiger partial charge in [-0.05, 0) is 86.3 Å². The topological polar surface area (TPSA) is 96.3 Å². The molecule has 0 radical (unpaired) electrons. The largest absolute Gasteiger partial charge is 0.508 e. The number of morpholine rings is 1. The molecule has 2 saturated carbocycles. The zero-order valence-electron chi connectivity index (χ0n) is 23.9. The van der Waals surface area contributed by atoms with Gasteiger partial charge in [0.15, 0.2) is 5.13 Å². The number of benzene rings is 1. The summed E-state index contributed by atoms with van der Waals surface area (Å²) < 4.78 is 5.53. The molecule has 216 valence electrons. The minimum absolute atomic E-state index is 0.00417. The molecule has 3 fully saturated rings. The van der Waals surface area contributed by atoms with Crippen LogP contribution in [0.4, 0.5) is 5.13 Å². The van der Waals surface area contributed by atoms with Gasteiger partial charge in [0.05, 0.1) is 18.9 Å². The van der Waals surface area contributed by atoms with E-state index >= 15 is 0 Å². The van der Waals surface area contributed by atoms with E-state index in [2.05, 4.69) is 33.3 Å². The molecule has 1 aliphatic heterocycles. The number of ether oxygens (including phenoxy) is 1. The number of aromatic nitrogens is 1. The highest BCUT2D eigenvalue weighted by Gasteiger charge is 2.57. The molecule has 3 aliphatic carbocycles. The summed E-state index contributed by atoms with van der Waals surface area (Å²) in [5.74, 6) is 2.33. The van der Waals surface area contributed by atoms with Crippen LogP contribution in [0.3, 0.4) is 0 Å². The van der Waals surface area contributed by atoms with E-state index < -0.39 is 0 Å². The van der Waals surface area contributed by atoms with Crippen molar-refractivity contribution in [3.63, 3.8) is 0 Å². The lowest BCUT2D eigenvalue weighted by atomic mass is 9.54. The molecule has 0 spiro atoms. The average molecular weight is 567 g/mol. The molecule has 1 aromatic heterocycles. The summed E-state index contributed by atoms with van der Waals surface area (Å²) in [4.78, 5) is 26.0. The van der Waals surface area contributed by atoms with Crippen LogP contribution in [0.5, 0.6) is 5.75 Å². The average Bonchev–Trinajstić information content (AvgIpc) is 3.48. The van der Waals surface area contributed by atoms with E-state index in [0.29, 0.717) is 41.0 Å². The minimum Gasteiger partial charge on any atom is -0.508 e. The summed E-state index contributed by atoms with van der Waals surface area (Å²) in [5.41, 5.74) is 4.95. The molecule has 2 aromatic rings. The molecule has 1 saturated heterocycles. The predicted molar refractivity (Wildman–Crippen MR) is 157 cm³/mol. The Bertz CT molecular complexity index is 1270. The number of carbonyl (C=O) groups excluding carboxylic acids is 1. The monoisotopic (exact) mass is 566 g/mol. The van der Waals surface area contributed by atoms with Crippen molar-refractivity contribution in [2.75, 3.05) is 38.7 Å². The molecule has 0 bridgehead atoms. The highest BCUT2D eigenvalue weighted by molar-refractivity contribution is 7.15. The van der Waals surface area contributed by atoms with Crippen molar-refractivity contribution in [2.24, 2.45) is 28.3 Å². The maximum Gasteiger partial charge on any atom is 0.226 e. The number of amides is 1. The molecular formula is C31H42N4O4S. The number of nitrogens with one attached hydrogen (secondary N) is 1. The van der Waals surface area contributed by atoms with Crippen molar-refractivity contribution in [2.45, 2.75) is 71.3 Å². The summed E-state index contributed by atoms with van der Waals surface area (Å²) >= 11 is 1.51. The molecule has 5 atom stereocenters. The van der Waals surface area contributed by atoms with Crippen molar-refractivity contribution in [1.82, 2.24) is 9.88 Å². The Balaban J connectivity index is 1.23. The second-order valence-corrected chi connectivity index (χ2v) is 13.6. The van der Waals surface area contributed by atoms with Crippen LogP contribution in [0.15, 0.2) is 23.5 Å². The highest BCUT2D eigenvalue weighted by atomic mass is 32.1. The Morgan fingerprint density at radius 2 is 2.15 bits per heavy atom. The summed E-state index contributed by atoms with van der Waals surface area (Å²) in [5, 5.41) is 19.2. The van der Waals surface area contributed by atoms with Gasteiger partial charge in [0.1, 0.15) is 12.9 Å². The van der Waals surface area contributed by atoms with Crippen LogP contribution in [-0.2, 0) is 27.3 Å². The first-order valence-electron chi connectivity index (χ1n) is 14.8. The van der Waals surface area contributed by atoms with Crippen molar-refractivity contribution in [1.29, 1.82) is 0 Å². The normalized spacial score (nSPS) is 30.9. The van der Waals surface area contributed by atoms with Crippen LogP contribution in [0, 0.1) is 30.1 Å². The van der Waals surface area contributed by atoms with Gasteiger partial charge in [0.2, 0.25) is 5.91 Å². The van der Waals surface area contributed by atoms with Gasteiger partial charge < -0.3 is 20.0 Å². The lowest BCUT2D eigenvalue weighted by Crippen LogP contribution is -2.44. The number of rotatable bonds is 7. The number of nitrogens with zero attached hydrogens (tertiary/aromatic N) is 3. The lowest BCUT2D eigenvalue weighted by Gasteiger charge is -2.50. The van der Waals surface area contributed by atoms with E-state index in [4.69, 9.17) is 9.57 Å². The van der Waals surface area contributed by atoms with Crippen LogP contribution in [0.25, 0.3) is 0 Å². The Morgan fingerprint density at radius 3 is 2.90 bits per heavy atom. The van der Waals surface area contributed by atoms with E-state index in [1.165, 1.54) is 28.2 Å². The molecule has 6 rings (SSSR count). The van der Waals surface area contributed by atoms with Gasteiger partial charge in [-0.1, -0.05) is 18.1 Å². The van der Waals surface area contributed by atoms with Crippen LogP contribution in [0.1, 0.15) is 72.9 Å². The molecule has 8 nitrogen and oxygen atoms in total. The number of phenols is 1. The van der Waals surface area contributed by atoms with Crippen LogP contribution in [-0.4, -0.2) is 60.0 Å². The van der Waals surface area contributed by atoms with Crippen LogP contribution in [0.2, 0.25) is 0 Å². The minimum atomic E-state index is -0.00417. The number of hydrogen-bond acceptors (Lipinski definition) is 8. The first-order chi connectivity index (χ1) is 19.4. The highest BCUT2D eigenvalue weighted by Crippen LogP contribution is 2.62. The van der Waals surface area contributed by atoms with Gasteiger partial charge in [-0.3, -0.25) is 9.69 Å². The number of aromatic hydroxyl groups is 1. The number of anilines is 1. The summed E-state index contributed by atoms with van der Waals surface area (Å²) in [7, 11) is 1.65. The summed E-state index contributed by atoms with van der Waals surface area (Å²) in [6.07, 6.45) is 8.31. The number of aryl methyl sites for hydroxylation is 2. The van der Waals surface area contributed by atoms with Gasteiger partial charge in [0.25, 0.3) is 0 Å². The standard InChI is InChI=1S/C31H42N4O4S/c1-19-17-32-30(40-19)33-28(37)7-5-21-16-27(34-38-3)31(2)9-8-23-24(29(21)31)6-4-20-15-26(36)22(14-25(20)23)18-35-10-12-39-13-11-35/h14-15,17,21,23-24,29,36H,4-13,16,18H2,1-3H3,(H,32,33,37)/b34-27+. The number of oxime groups is 1. The lowest BCUT2D eigenvalue weighted by molar-refractivity contribution is -0.116. The Kier molecular flexibility index (Phi) is 7.90. The van der Waals surface area contributed by atoms with Crippen molar-refractivity contribution in [3.05, 3.63) is 39.9 Å². The van der Waals surface area contributed by atoms with E-state index in [0.717, 1.165) is 81.8 Å². The maximum atomic E-state index is 12.9. The Morgan fingerprint density at radius 1 is 1.32 bits per heavy atom. The van der Waals surface area contributed by atoms with Gasteiger partial charge in [-0.15, -0.1) is 11.3 Å². The summed E-state index contributed by atoms with van der Waals surface area (Å²) in [6, 6.07) is 4.36. The van der Waals surface area contributed by atoms with Gasteiger partial charge >= 0.3 is 0 Å². The van der Waals surface area contributed by atoms with Crippen molar-refractivity contribution >= 4 is 28.1 Å². The number of phenolic OH excluding ortho intramolecular Hbond substituents is 1. The van der Waals surface area contributed by atoms with E-state index in [1.807, 2.05) is 13.0 Å². The molecule has 40 heavy (non-hydrogen) atoms. The van der Waals surface area contributed by atoms with E-state index in [1.54, 1.807) is 13.3 Å². The number of thiazole rings is 1. The van der Waals surface area contributed by atoms with Crippen LogP contribution >= 0.6 is 11.3 Å². The first kappa shape index (κ1) is 27.7. The zero-order valence-corrected chi connectivity index (χ0v) is 24.8. The fourth-order valence-corrected chi connectivity index (χ4v) is 8.97. The van der Waals surface area contributed by atoms with E-state index in [-0.39, 0.29) is 11.3 Å². The van der Waals surface area contributed by atoms with Gasteiger partial charge in [-0.25, -0.2) is 4.98 Å². The molecule has 2 heterocycles. The second kappa shape index (κ2) is 11.4. The molecule has 2 N–H and O–H groups in total. The van der Waals surface area contributed by atoms with E-state index in [9.17, 15) is 9.90 Å². The number of carbonyl (C=O) groups is 1. The zero-order chi connectivity index (χ0) is 27.9. The van der Waals surface area contributed by atoms with Gasteiger partial charge in [-0.2, -0.15) is 0 Å². The maximum absolute atomic E-state index is 12.9. The fraction of sp³-hybridized carbons (Fsp3) is 0.645. The van der Waals surface area contributed by atoms with Crippen LogP contribution < -0.4 is 5.32 Å². The second-order valence-electron chi connectivity index (χ2n) is 12.4.